The third kappa shape index (κ3) is 2.75. The van der Waals surface area contributed by atoms with E-state index < -0.39 is 18.4 Å². The van der Waals surface area contributed by atoms with Crippen molar-refractivity contribution in [1.29, 1.82) is 0 Å². The van der Waals surface area contributed by atoms with E-state index in [0.29, 0.717) is 12.2 Å². The molecular formula is C14H17F4NO. The van der Waals surface area contributed by atoms with E-state index in [4.69, 9.17) is 4.74 Å². The molecule has 0 saturated carbocycles. The lowest BCUT2D eigenvalue weighted by atomic mass is 9.97. The molecule has 0 aromatic heterocycles. The Morgan fingerprint density at radius 3 is 2.70 bits per heavy atom. The van der Waals surface area contributed by atoms with Crippen LogP contribution in [0.5, 0.6) is 5.75 Å². The van der Waals surface area contributed by atoms with Crippen molar-refractivity contribution in [2.45, 2.75) is 44.8 Å². The van der Waals surface area contributed by atoms with Gasteiger partial charge < -0.3 is 10.1 Å². The van der Waals surface area contributed by atoms with Crippen LogP contribution in [-0.4, -0.2) is 25.0 Å². The zero-order chi connectivity index (χ0) is 14.9. The monoisotopic (exact) mass is 291 g/mol. The smallest absolute Gasteiger partial charge is 0.326 e. The topological polar surface area (TPSA) is 21.3 Å². The average Bonchev–Trinajstić information content (AvgIpc) is 2.74. The molecule has 0 spiro atoms. The Kier molecular flexibility index (Phi) is 4.22. The highest BCUT2D eigenvalue weighted by molar-refractivity contribution is 5.42. The summed E-state index contributed by atoms with van der Waals surface area (Å²) in [6.45, 7) is 3.65. The van der Waals surface area contributed by atoms with Crippen molar-refractivity contribution >= 4 is 0 Å². The number of ether oxygens (including phenoxy) is 1. The Balaban J connectivity index is 2.34. The molecule has 20 heavy (non-hydrogen) atoms. The van der Waals surface area contributed by atoms with E-state index in [1.54, 1.807) is 13.0 Å². The molecule has 0 saturated heterocycles. The minimum Gasteiger partial charge on any atom is -0.490 e. The standard InChI is InChI=1S/C14H17F4NO/c1-3-19-12(14(17,18)13(15)16)9-4-5-11-10(7-9)6-8(2)20-11/h4-5,7-8,12-13,19H,3,6H2,1-2H3. The number of hydrogen-bond donors (Lipinski definition) is 1. The van der Waals surface area contributed by atoms with Gasteiger partial charge in [0.2, 0.25) is 0 Å². The van der Waals surface area contributed by atoms with Crippen LogP contribution in [0.1, 0.15) is 31.0 Å². The summed E-state index contributed by atoms with van der Waals surface area (Å²) >= 11 is 0. The van der Waals surface area contributed by atoms with Gasteiger partial charge in [0.25, 0.3) is 0 Å². The summed E-state index contributed by atoms with van der Waals surface area (Å²) in [5.74, 6) is -3.48. The predicted octanol–water partition coefficient (Wildman–Crippen LogP) is 3.56. The first-order valence-electron chi connectivity index (χ1n) is 6.55. The van der Waals surface area contributed by atoms with Crippen molar-refractivity contribution in [3.05, 3.63) is 29.3 Å². The van der Waals surface area contributed by atoms with Crippen LogP contribution in [0.2, 0.25) is 0 Å². The fourth-order valence-electron chi connectivity index (χ4n) is 2.43. The van der Waals surface area contributed by atoms with E-state index in [9.17, 15) is 17.6 Å². The van der Waals surface area contributed by atoms with Crippen molar-refractivity contribution in [3.63, 3.8) is 0 Å². The number of nitrogens with one attached hydrogen (secondary N) is 1. The second-order valence-electron chi connectivity index (χ2n) is 4.97. The lowest BCUT2D eigenvalue weighted by molar-refractivity contribution is -0.151. The van der Waals surface area contributed by atoms with Gasteiger partial charge in [-0.3, -0.25) is 0 Å². The molecule has 1 N–H and O–H groups in total. The van der Waals surface area contributed by atoms with Crippen molar-refractivity contribution in [1.82, 2.24) is 5.32 Å². The molecule has 1 aromatic rings. The van der Waals surface area contributed by atoms with E-state index in [1.165, 1.54) is 12.1 Å². The molecule has 1 heterocycles. The highest BCUT2D eigenvalue weighted by Gasteiger charge is 2.49. The predicted molar refractivity (Wildman–Crippen MR) is 67.6 cm³/mol. The van der Waals surface area contributed by atoms with Crippen LogP contribution < -0.4 is 10.1 Å². The Labute approximate surface area is 115 Å². The summed E-state index contributed by atoms with van der Waals surface area (Å²) in [5.41, 5.74) is 0.941. The molecule has 2 nitrogen and oxygen atoms in total. The molecular weight excluding hydrogens is 274 g/mol. The van der Waals surface area contributed by atoms with Gasteiger partial charge in [-0.2, -0.15) is 8.78 Å². The first-order valence-corrected chi connectivity index (χ1v) is 6.55. The average molecular weight is 291 g/mol. The minimum atomic E-state index is -4.12. The lowest BCUT2D eigenvalue weighted by Crippen LogP contribution is -2.42. The molecule has 0 amide bonds. The highest BCUT2D eigenvalue weighted by atomic mass is 19.3. The maximum atomic E-state index is 13.7. The third-order valence-electron chi connectivity index (χ3n) is 3.34. The van der Waals surface area contributed by atoms with E-state index in [0.717, 1.165) is 5.56 Å². The van der Waals surface area contributed by atoms with Gasteiger partial charge in [0.1, 0.15) is 17.9 Å². The van der Waals surface area contributed by atoms with E-state index in [-0.39, 0.29) is 18.2 Å². The molecule has 0 aliphatic carbocycles. The van der Waals surface area contributed by atoms with Crippen LogP contribution in [0.4, 0.5) is 17.6 Å². The number of hydrogen-bond acceptors (Lipinski definition) is 2. The van der Waals surface area contributed by atoms with Crippen LogP contribution in [0.3, 0.4) is 0 Å². The molecule has 1 aliphatic rings. The van der Waals surface area contributed by atoms with E-state index >= 15 is 0 Å². The van der Waals surface area contributed by atoms with Gasteiger partial charge in [0, 0.05) is 6.42 Å². The Morgan fingerprint density at radius 1 is 1.40 bits per heavy atom. The summed E-state index contributed by atoms with van der Waals surface area (Å²) in [5, 5.41) is 2.45. The molecule has 2 atom stereocenters. The molecule has 6 heteroatoms. The van der Waals surface area contributed by atoms with Gasteiger partial charge in [-0.15, -0.1) is 0 Å². The molecule has 1 aromatic carbocycles. The van der Waals surface area contributed by atoms with Crippen LogP contribution in [0, 0.1) is 0 Å². The number of alkyl halides is 4. The summed E-state index contributed by atoms with van der Waals surface area (Å²) < 4.78 is 58.0. The molecule has 112 valence electrons. The molecule has 0 radical (unpaired) electrons. The van der Waals surface area contributed by atoms with Gasteiger partial charge in [0.15, 0.2) is 0 Å². The van der Waals surface area contributed by atoms with Gasteiger partial charge in [-0.1, -0.05) is 19.1 Å². The SMILES string of the molecule is CCNC(c1ccc2c(c1)CC(C)O2)C(F)(F)C(F)F. The quantitative estimate of drug-likeness (QED) is 0.838. The Bertz CT molecular complexity index is 478. The summed E-state index contributed by atoms with van der Waals surface area (Å²) in [6, 6.07) is 2.82. The van der Waals surface area contributed by atoms with Crippen LogP contribution in [0.25, 0.3) is 0 Å². The number of benzene rings is 1. The van der Waals surface area contributed by atoms with Crippen molar-refractivity contribution in [2.24, 2.45) is 0 Å². The van der Waals surface area contributed by atoms with Crippen LogP contribution >= 0.6 is 0 Å². The Morgan fingerprint density at radius 2 is 2.10 bits per heavy atom. The second-order valence-corrected chi connectivity index (χ2v) is 4.97. The second kappa shape index (κ2) is 5.60. The van der Waals surface area contributed by atoms with Crippen molar-refractivity contribution in [2.75, 3.05) is 6.54 Å². The van der Waals surface area contributed by atoms with Gasteiger partial charge in [-0.25, -0.2) is 8.78 Å². The summed E-state index contributed by atoms with van der Waals surface area (Å²) in [4.78, 5) is 0. The van der Waals surface area contributed by atoms with Gasteiger partial charge >= 0.3 is 12.3 Å². The maximum Gasteiger partial charge on any atom is 0.326 e. The van der Waals surface area contributed by atoms with Crippen molar-refractivity contribution in [3.8, 4) is 5.75 Å². The van der Waals surface area contributed by atoms with Gasteiger partial charge in [0.05, 0.1) is 0 Å². The minimum absolute atomic E-state index is 0.0200. The first-order chi connectivity index (χ1) is 9.36. The highest BCUT2D eigenvalue weighted by Crippen LogP contribution is 2.39. The Hall–Kier alpha value is -1.30. The van der Waals surface area contributed by atoms with E-state index in [2.05, 4.69) is 5.32 Å². The summed E-state index contributed by atoms with van der Waals surface area (Å²) in [6.07, 6.45) is -3.13. The van der Waals surface area contributed by atoms with Crippen molar-refractivity contribution < 1.29 is 22.3 Å². The fourth-order valence-corrected chi connectivity index (χ4v) is 2.43. The van der Waals surface area contributed by atoms with E-state index in [1.807, 2.05) is 6.92 Å². The maximum absolute atomic E-state index is 13.7. The molecule has 0 fully saturated rings. The van der Waals surface area contributed by atoms with Gasteiger partial charge in [-0.05, 0) is 30.7 Å². The molecule has 2 unspecified atom stereocenters. The number of halogens is 4. The summed E-state index contributed by atoms with van der Waals surface area (Å²) in [7, 11) is 0. The first kappa shape index (κ1) is 15.1. The molecule has 2 rings (SSSR count). The zero-order valence-electron chi connectivity index (χ0n) is 11.3. The molecule has 0 bridgehead atoms. The number of fused-ring (bicyclic) bond motifs is 1. The zero-order valence-corrected chi connectivity index (χ0v) is 11.3. The number of rotatable bonds is 5. The molecule has 1 aliphatic heterocycles. The normalized spacial score (nSPS) is 19.9. The lowest BCUT2D eigenvalue weighted by Gasteiger charge is -2.27. The van der Waals surface area contributed by atoms with Crippen LogP contribution in [0.15, 0.2) is 18.2 Å². The van der Waals surface area contributed by atoms with Crippen LogP contribution in [-0.2, 0) is 6.42 Å². The largest absolute Gasteiger partial charge is 0.490 e. The fraction of sp³-hybridized carbons (Fsp3) is 0.571. The third-order valence-corrected chi connectivity index (χ3v) is 3.34.